The van der Waals surface area contributed by atoms with Gasteiger partial charge in [-0.15, -0.1) is 0 Å². The Morgan fingerprint density at radius 1 is 1.24 bits per heavy atom. The lowest BCUT2D eigenvalue weighted by Gasteiger charge is -2.36. The zero-order chi connectivity index (χ0) is 18.2. The molecule has 1 aromatic carbocycles. The lowest BCUT2D eigenvalue weighted by Crippen LogP contribution is -2.52. The maximum Gasteiger partial charge on any atom is 0.191 e. The molecule has 0 amide bonds. The van der Waals surface area contributed by atoms with E-state index in [1.807, 2.05) is 13.0 Å². The molecule has 25 heavy (non-hydrogen) atoms. The summed E-state index contributed by atoms with van der Waals surface area (Å²) in [5.41, 5.74) is 1.55. The van der Waals surface area contributed by atoms with E-state index in [9.17, 15) is 4.39 Å². The van der Waals surface area contributed by atoms with Crippen LogP contribution in [0.5, 0.6) is 0 Å². The second kappa shape index (κ2) is 9.73. The van der Waals surface area contributed by atoms with Gasteiger partial charge in [-0.2, -0.15) is 0 Å². The van der Waals surface area contributed by atoms with Gasteiger partial charge in [0, 0.05) is 45.3 Å². The van der Waals surface area contributed by atoms with Crippen LogP contribution in [0.2, 0.25) is 0 Å². The number of guanidine groups is 1. The number of aryl methyl sites for hydroxylation is 1. The van der Waals surface area contributed by atoms with Crippen molar-refractivity contribution in [3.05, 3.63) is 35.1 Å². The van der Waals surface area contributed by atoms with E-state index < -0.39 is 0 Å². The molecule has 0 radical (unpaired) electrons. The third kappa shape index (κ3) is 6.29. The summed E-state index contributed by atoms with van der Waals surface area (Å²) in [6.45, 7) is 12.6. The van der Waals surface area contributed by atoms with Crippen molar-refractivity contribution >= 4 is 5.96 Å². The van der Waals surface area contributed by atoms with Crippen LogP contribution >= 0.6 is 0 Å². The van der Waals surface area contributed by atoms with Gasteiger partial charge in [-0.1, -0.05) is 12.1 Å². The van der Waals surface area contributed by atoms with Crippen LogP contribution in [0.4, 0.5) is 4.39 Å². The first-order valence-corrected chi connectivity index (χ1v) is 9.19. The van der Waals surface area contributed by atoms with Gasteiger partial charge in [0.2, 0.25) is 0 Å². The second-order valence-corrected chi connectivity index (χ2v) is 6.85. The summed E-state index contributed by atoms with van der Waals surface area (Å²) in [7, 11) is 2.17. The SMILES string of the molecule is CCNC(=NCc1ccc(C)c(F)c1)NCC(C)N1CCN(C)CC1. The minimum absolute atomic E-state index is 0.172. The van der Waals surface area contributed by atoms with Crippen molar-refractivity contribution in [3.8, 4) is 0 Å². The van der Waals surface area contributed by atoms with Crippen molar-refractivity contribution in [3.63, 3.8) is 0 Å². The van der Waals surface area contributed by atoms with Crippen LogP contribution in [-0.4, -0.2) is 68.1 Å². The molecule has 140 valence electrons. The Kier molecular flexibility index (Phi) is 7.65. The van der Waals surface area contributed by atoms with Crippen LogP contribution in [0, 0.1) is 12.7 Å². The zero-order valence-corrected chi connectivity index (χ0v) is 16.0. The summed E-state index contributed by atoms with van der Waals surface area (Å²) >= 11 is 0. The molecule has 1 atom stereocenters. The predicted octanol–water partition coefficient (Wildman–Crippen LogP) is 1.83. The quantitative estimate of drug-likeness (QED) is 0.607. The van der Waals surface area contributed by atoms with Crippen LogP contribution in [0.25, 0.3) is 0 Å². The molecule has 1 unspecified atom stereocenters. The van der Waals surface area contributed by atoms with E-state index in [0.717, 1.165) is 50.8 Å². The summed E-state index contributed by atoms with van der Waals surface area (Å²) in [5.74, 6) is 0.610. The first kappa shape index (κ1) is 19.7. The van der Waals surface area contributed by atoms with Gasteiger partial charge in [-0.25, -0.2) is 9.38 Å². The van der Waals surface area contributed by atoms with E-state index >= 15 is 0 Å². The van der Waals surface area contributed by atoms with Crippen molar-refractivity contribution in [2.45, 2.75) is 33.4 Å². The first-order chi connectivity index (χ1) is 12.0. The molecule has 1 aromatic rings. The Bertz CT molecular complexity index is 567. The van der Waals surface area contributed by atoms with Crippen molar-refractivity contribution < 1.29 is 4.39 Å². The molecule has 1 fully saturated rings. The molecule has 0 bridgehead atoms. The van der Waals surface area contributed by atoms with Crippen LogP contribution < -0.4 is 10.6 Å². The molecular weight excluding hydrogens is 317 g/mol. The van der Waals surface area contributed by atoms with Crippen LogP contribution in [0.3, 0.4) is 0 Å². The standard InChI is InChI=1S/C19H32FN5/c1-5-21-19(23-14-17-7-6-15(2)18(20)12-17)22-13-16(3)25-10-8-24(4)9-11-25/h6-7,12,16H,5,8-11,13-14H2,1-4H3,(H2,21,22,23). The fraction of sp³-hybridized carbons (Fsp3) is 0.632. The molecule has 0 aliphatic carbocycles. The molecule has 5 nitrogen and oxygen atoms in total. The molecule has 0 aromatic heterocycles. The summed E-state index contributed by atoms with van der Waals surface area (Å²) in [6, 6.07) is 5.75. The topological polar surface area (TPSA) is 42.9 Å². The number of hydrogen-bond donors (Lipinski definition) is 2. The Hall–Kier alpha value is -1.66. The molecule has 2 N–H and O–H groups in total. The number of hydrogen-bond acceptors (Lipinski definition) is 3. The van der Waals surface area contributed by atoms with Gasteiger partial charge in [0.1, 0.15) is 5.82 Å². The molecule has 1 aliphatic heterocycles. The Balaban J connectivity index is 1.87. The number of nitrogens with one attached hydrogen (secondary N) is 2. The summed E-state index contributed by atoms with van der Waals surface area (Å²) in [4.78, 5) is 9.45. The van der Waals surface area contributed by atoms with Crippen molar-refractivity contribution in [2.75, 3.05) is 46.3 Å². The number of likely N-dealkylation sites (N-methyl/N-ethyl adjacent to an activating group) is 1. The fourth-order valence-electron chi connectivity index (χ4n) is 2.88. The van der Waals surface area contributed by atoms with Crippen LogP contribution in [0.15, 0.2) is 23.2 Å². The van der Waals surface area contributed by atoms with Gasteiger partial charge in [-0.3, -0.25) is 4.90 Å². The van der Waals surface area contributed by atoms with E-state index in [2.05, 4.69) is 39.4 Å². The van der Waals surface area contributed by atoms with Gasteiger partial charge in [-0.05, 0) is 45.0 Å². The molecular formula is C19H32FN5. The minimum Gasteiger partial charge on any atom is -0.357 e. The maximum absolute atomic E-state index is 13.7. The third-order valence-electron chi connectivity index (χ3n) is 4.73. The number of halogens is 1. The summed E-state index contributed by atoms with van der Waals surface area (Å²) in [5, 5.41) is 6.68. The van der Waals surface area contributed by atoms with Gasteiger partial charge in [0.25, 0.3) is 0 Å². The van der Waals surface area contributed by atoms with Crippen LogP contribution in [-0.2, 0) is 6.54 Å². The molecule has 1 saturated heterocycles. The van der Waals surface area contributed by atoms with E-state index in [-0.39, 0.29) is 5.82 Å². The fourth-order valence-corrected chi connectivity index (χ4v) is 2.88. The van der Waals surface area contributed by atoms with E-state index in [4.69, 9.17) is 0 Å². The third-order valence-corrected chi connectivity index (χ3v) is 4.73. The highest BCUT2D eigenvalue weighted by Gasteiger charge is 2.19. The predicted molar refractivity (Wildman–Crippen MR) is 102 cm³/mol. The summed E-state index contributed by atoms with van der Waals surface area (Å²) in [6.07, 6.45) is 0. The summed E-state index contributed by atoms with van der Waals surface area (Å²) < 4.78 is 13.7. The lowest BCUT2D eigenvalue weighted by molar-refractivity contribution is 0.120. The highest BCUT2D eigenvalue weighted by molar-refractivity contribution is 5.79. The van der Waals surface area contributed by atoms with E-state index in [1.54, 1.807) is 19.1 Å². The van der Waals surface area contributed by atoms with Gasteiger partial charge < -0.3 is 15.5 Å². The molecule has 6 heteroatoms. The smallest absolute Gasteiger partial charge is 0.191 e. The van der Waals surface area contributed by atoms with Crippen LogP contribution in [0.1, 0.15) is 25.0 Å². The first-order valence-electron chi connectivity index (χ1n) is 9.19. The Morgan fingerprint density at radius 3 is 2.60 bits per heavy atom. The molecule has 1 aliphatic rings. The average molecular weight is 349 g/mol. The Labute approximate surface area is 151 Å². The van der Waals surface area contributed by atoms with Crippen molar-refractivity contribution in [2.24, 2.45) is 4.99 Å². The largest absolute Gasteiger partial charge is 0.357 e. The maximum atomic E-state index is 13.7. The number of aliphatic imine (C=N–C) groups is 1. The number of rotatable bonds is 6. The van der Waals surface area contributed by atoms with Crippen molar-refractivity contribution in [1.29, 1.82) is 0 Å². The normalized spacial score (nSPS) is 18.2. The molecule has 0 spiro atoms. The molecule has 2 rings (SSSR count). The van der Waals surface area contributed by atoms with E-state index in [1.165, 1.54) is 0 Å². The van der Waals surface area contributed by atoms with Gasteiger partial charge >= 0.3 is 0 Å². The number of nitrogens with zero attached hydrogens (tertiary/aromatic N) is 3. The average Bonchev–Trinajstić information content (AvgIpc) is 2.60. The highest BCUT2D eigenvalue weighted by Crippen LogP contribution is 2.10. The van der Waals surface area contributed by atoms with E-state index in [0.29, 0.717) is 18.2 Å². The molecule has 1 heterocycles. The Morgan fingerprint density at radius 2 is 1.96 bits per heavy atom. The minimum atomic E-state index is -0.172. The monoisotopic (exact) mass is 349 g/mol. The zero-order valence-electron chi connectivity index (χ0n) is 16.0. The van der Waals surface area contributed by atoms with Gasteiger partial charge in [0.15, 0.2) is 5.96 Å². The lowest BCUT2D eigenvalue weighted by atomic mass is 10.1. The van der Waals surface area contributed by atoms with Gasteiger partial charge in [0.05, 0.1) is 6.54 Å². The van der Waals surface area contributed by atoms with Crippen molar-refractivity contribution in [1.82, 2.24) is 20.4 Å². The second-order valence-electron chi connectivity index (χ2n) is 6.85. The molecule has 0 saturated carbocycles. The number of piperazine rings is 1. The highest BCUT2D eigenvalue weighted by atomic mass is 19.1. The number of benzene rings is 1.